The summed E-state index contributed by atoms with van der Waals surface area (Å²) in [7, 11) is 0. The van der Waals surface area contributed by atoms with Gasteiger partial charge >= 0.3 is 0 Å². The summed E-state index contributed by atoms with van der Waals surface area (Å²) in [6, 6.07) is 15.8. The number of unbranched alkanes of at least 4 members (excludes halogenated alkanes) is 9. The molecule has 0 radical (unpaired) electrons. The maximum absolute atomic E-state index is 5.90. The molecule has 0 saturated carbocycles. The number of hydrogen-bond donors (Lipinski definition) is 0. The maximum atomic E-state index is 5.90. The molecule has 2 aromatic carbocycles. The van der Waals surface area contributed by atoms with Crippen molar-refractivity contribution >= 4 is 17.8 Å². The molecular formula is C26H36ClNO. The maximum Gasteiger partial charge on any atom is 0.119 e. The molecule has 3 heteroatoms. The molecule has 2 aromatic rings. The van der Waals surface area contributed by atoms with Crippen molar-refractivity contribution in [3.63, 3.8) is 0 Å². The molecule has 158 valence electrons. The Bertz CT molecular complexity index is 679. The van der Waals surface area contributed by atoms with E-state index in [1.165, 1.54) is 64.2 Å². The monoisotopic (exact) mass is 413 g/mol. The van der Waals surface area contributed by atoms with E-state index in [0.717, 1.165) is 28.4 Å². The largest absolute Gasteiger partial charge is 0.489 e. The smallest absolute Gasteiger partial charge is 0.119 e. The molecule has 0 atom stereocenters. The molecule has 0 saturated heterocycles. The molecule has 0 amide bonds. The second-order valence-electron chi connectivity index (χ2n) is 7.70. The molecule has 2 rings (SSSR count). The highest BCUT2D eigenvalue weighted by molar-refractivity contribution is 6.30. The van der Waals surface area contributed by atoms with Crippen molar-refractivity contribution in [2.75, 3.05) is 6.54 Å². The minimum absolute atomic E-state index is 0.545. The van der Waals surface area contributed by atoms with Crippen molar-refractivity contribution in [3.05, 3.63) is 64.7 Å². The van der Waals surface area contributed by atoms with Crippen LogP contribution in [0.5, 0.6) is 5.75 Å². The van der Waals surface area contributed by atoms with E-state index in [4.69, 9.17) is 16.3 Å². The first-order chi connectivity index (χ1) is 14.3. The van der Waals surface area contributed by atoms with E-state index in [1.807, 2.05) is 42.6 Å². The third-order valence-corrected chi connectivity index (χ3v) is 5.33. The number of ether oxygens (including phenoxy) is 1. The first-order valence-corrected chi connectivity index (χ1v) is 11.6. The number of nitrogens with zero attached hydrogens (tertiary/aromatic N) is 1. The van der Waals surface area contributed by atoms with Crippen LogP contribution in [0.4, 0.5) is 0 Å². The van der Waals surface area contributed by atoms with Gasteiger partial charge in [0.15, 0.2) is 0 Å². The third kappa shape index (κ3) is 11.1. The number of hydrogen-bond acceptors (Lipinski definition) is 2. The molecule has 0 aliphatic heterocycles. The van der Waals surface area contributed by atoms with Gasteiger partial charge < -0.3 is 4.74 Å². The minimum atomic E-state index is 0.545. The van der Waals surface area contributed by atoms with Gasteiger partial charge in [-0.1, -0.05) is 88.4 Å². The first-order valence-electron chi connectivity index (χ1n) is 11.2. The van der Waals surface area contributed by atoms with Crippen molar-refractivity contribution in [1.82, 2.24) is 0 Å². The van der Waals surface area contributed by atoms with Crippen LogP contribution < -0.4 is 4.74 Å². The van der Waals surface area contributed by atoms with E-state index in [9.17, 15) is 0 Å². The number of halogens is 1. The van der Waals surface area contributed by atoms with Gasteiger partial charge in [-0.15, -0.1) is 0 Å². The predicted molar refractivity (Wildman–Crippen MR) is 127 cm³/mol. The molecule has 0 aromatic heterocycles. The lowest BCUT2D eigenvalue weighted by Crippen LogP contribution is -1.95. The molecule has 0 unspecified atom stereocenters. The lowest BCUT2D eigenvalue weighted by Gasteiger charge is -2.06. The summed E-state index contributed by atoms with van der Waals surface area (Å²) >= 11 is 5.90. The highest BCUT2D eigenvalue weighted by atomic mass is 35.5. The highest BCUT2D eigenvalue weighted by Gasteiger charge is 1.97. The van der Waals surface area contributed by atoms with Gasteiger partial charge in [-0.2, -0.15) is 0 Å². The lowest BCUT2D eigenvalue weighted by molar-refractivity contribution is 0.306. The minimum Gasteiger partial charge on any atom is -0.489 e. The van der Waals surface area contributed by atoms with Crippen molar-refractivity contribution < 1.29 is 4.74 Å². The summed E-state index contributed by atoms with van der Waals surface area (Å²) in [5.41, 5.74) is 2.23. The van der Waals surface area contributed by atoms with Crippen LogP contribution in [0.15, 0.2) is 53.5 Å². The predicted octanol–water partition coefficient (Wildman–Crippen LogP) is 8.26. The Morgan fingerprint density at radius 1 is 0.759 bits per heavy atom. The van der Waals surface area contributed by atoms with Crippen LogP contribution in [0.1, 0.15) is 82.3 Å². The Balaban J connectivity index is 1.52. The Hall–Kier alpha value is -1.80. The topological polar surface area (TPSA) is 21.6 Å². The van der Waals surface area contributed by atoms with E-state index in [-0.39, 0.29) is 0 Å². The Kier molecular flexibility index (Phi) is 12.2. The average molecular weight is 414 g/mol. The van der Waals surface area contributed by atoms with Gasteiger partial charge in [-0.3, -0.25) is 4.99 Å². The van der Waals surface area contributed by atoms with Crippen LogP contribution >= 0.6 is 11.6 Å². The molecule has 0 heterocycles. The van der Waals surface area contributed by atoms with E-state index in [2.05, 4.69) is 24.0 Å². The zero-order valence-corrected chi connectivity index (χ0v) is 18.7. The zero-order chi connectivity index (χ0) is 20.6. The summed E-state index contributed by atoms with van der Waals surface area (Å²) in [4.78, 5) is 4.56. The van der Waals surface area contributed by atoms with E-state index < -0.39 is 0 Å². The Morgan fingerprint density at radius 2 is 1.34 bits per heavy atom. The summed E-state index contributed by atoms with van der Waals surface area (Å²) in [5, 5.41) is 0.746. The summed E-state index contributed by atoms with van der Waals surface area (Å²) in [6.45, 7) is 3.74. The second kappa shape index (κ2) is 15.1. The van der Waals surface area contributed by atoms with Gasteiger partial charge in [-0.25, -0.2) is 0 Å². The zero-order valence-electron chi connectivity index (χ0n) is 17.9. The van der Waals surface area contributed by atoms with Gasteiger partial charge in [0, 0.05) is 17.8 Å². The van der Waals surface area contributed by atoms with Crippen LogP contribution in [0.3, 0.4) is 0 Å². The highest BCUT2D eigenvalue weighted by Crippen LogP contribution is 2.15. The van der Waals surface area contributed by atoms with Crippen molar-refractivity contribution in [3.8, 4) is 5.75 Å². The van der Waals surface area contributed by atoms with E-state index in [1.54, 1.807) is 0 Å². The van der Waals surface area contributed by atoms with Gasteiger partial charge in [0.25, 0.3) is 0 Å². The molecule has 0 fully saturated rings. The van der Waals surface area contributed by atoms with Crippen molar-refractivity contribution in [2.45, 2.75) is 77.7 Å². The molecular weight excluding hydrogens is 378 g/mol. The number of aliphatic imine (C=N–C) groups is 1. The molecule has 0 spiro atoms. The summed E-state index contributed by atoms with van der Waals surface area (Å²) < 4.78 is 5.82. The third-order valence-electron chi connectivity index (χ3n) is 5.08. The van der Waals surface area contributed by atoms with Crippen LogP contribution in [0.2, 0.25) is 5.02 Å². The Morgan fingerprint density at radius 3 is 1.97 bits per heavy atom. The molecule has 29 heavy (non-hydrogen) atoms. The van der Waals surface area contributed by atoms with Gasteiger partial charge in [0.05, 0.1) is 0 Å². The van der Waals surface area contributed by atoms with Crippen LogP contribution in [-0.4, -0.2) is 12.8 Å². The molecule has 2 nitrogen and oxygen atoms in total. The van der Waals surface area contributed by atoms with Crippen molar-refractivity contribution in [2.24, 2.45) is 4.99 Å². The fourth-order valence-corrected chi connectivity index (χ4v) is 3.38. The van der Waals surface area contributed by atoms with E-state index in [0.29, 0.717) is 6.61 Å². The van der Waals surface area contributed by atoms with Gasteiger partial charge in [0.1, 0.15) is 12.4 Å². The number of rotatable bonds is 15. The summed E-state index contributed by atoms with van der Waals surface area (Å²) in [6.07, 6.45) is 15.6. The summed E-state index contributed by atoms with van der Waals surface area (Å²) in [5.74, 6) is 0.867. The lowest BCUT2D eigenvalue weighted by atomic mass is 10.1. The SMILES string of the molecule is CCCCCCCCCCCC/N=C/c1ccc(OCc2ccc(Cl)cc2)cc1. The average Bonchev–Trinajstić information content (AvgIpc) is 2.75. The number of benzene rings is 2. The second-order valence-corrected chi connectivity index (χ2v) is 8.14. The fraction of sp³-hybridized carbons (Fsp3) is 0.500. The quantitative estimate of drug-likeness (QED) is 0.212. The molecule has 0 aliphatic rings. The van der Waals surface area contributed by atoms with Crippen molar-refractivity contribution in [1.29, 1.82) is 0 Å². The first kappa shape index (κ1) is 23.5. The molecule has 0 aliphatic carbocycles. The van der Waals surface area contributed by atoms with E-state index >= 15 is 0 Å². The standard InChI is InChI=1S/C26H36ClNO/c1-2-3-4-5-6-7-8-9-10-11-20-28-21-23-14-18-26(19-15-23)29-22-24-12-16-25(27)17-13-24/h12-19,21H,2-11,20,22H2,1H3/b28-21+. The van der Waals surface area contributed by atoms with Crippen LogP contribution in [0.25, 0.3) is 0 Å². The Labute approximate surface area is 182 Å². The fourth-order valence-electron chi connectivity index (χ4n) is 3.26. The molecule has 0 bridgehead atoms. The van der Waals surface area contributed by atoms with Gasteiger partial charge in [-0.05, 0) is 53.9 Å². The van der Waals surface area contributed by atoms with Crippen LogP contribution in [0, 0.1) is 0 Å². The van der Waals surface area contributed by atoms with Crippen LogP contribution in [-0.2, 0) is 6.61 Å². The molecule has 0 N–H and O–H groups in total. The van der Waals surface area contributed by atoms with Gasteiger partial charge in [0.2, 0.25) is 0 Å². The normalized spacial score (nSPS) is 11.2.